The standard InChI is InChI=1S/C13H20N2O/c14-16-11-13-6-8-15(9-7-13)10-12-4-2-1-3-5-12/h1-5,13H,6-11,14H2. The van der Waals surface area contributed by atoms with Crippen molar-refractivity contribution in [1.29, 1.82) is 0 Å². The number of nitrogens with two attached hydrogens (primary N) is 1. The first-order chi connectivity index (χ1) is 7.88. The van der Waals surface area contributed by atoms with Crippen LogP contribution in [-0.4, -0.2) is 24.6 Å². The van der Waals surface area contributed by atoms with Gasteiger partial charge in [-0.1, -0.05) is 30.3 Å². The van der Waals surface area contributed by atoms with E-state index >= 15 is 0 Å². The lowest BCUT2D eigenvalue weighted by Gasteiger charge is -2.31. The van der Waals surface area contributed by atoms with E-state index < -0.39 is 0 Å². The van der Waals surface area contributed by atoms with Crippen LogP contribution in [0.25, 0.3) is 0 Å². The fraction of sp³-hybridized carbons (Fsp3) is 0.538. The Morgan fingerprint density at radius 3 is 2.50 bits per heavy atom. The molecule has 0 aliphatic carbocycles. The molecule has 1 aromatic rings. The highest BCUT2D eigenvalue weighted by atomic mass is 16.6. The summed E-state index contributed by atoms with van der Waals surface area (Å²) in [5, 5.41) is 0. The highest BCUT2D eigenvalue weighted by Crippen LogP contribution is 2.18. The molecule has 0 unspecified atom stereocenters. The fourth-order valence-corrected chi connectivity index (χ4v) is 2.29. The van der Waals surface area contributed by atoms with Crippen molar-refractivity contribution in [2.24, 2.45) is 11.8 Å². The number of piperidine rings is 1. The van der Waals surface area contributed by atoms with E-state index in [1.165, 1.54) is 18.4 Å². The zero-order valence-electron chi connectivity index (χ0n) is 9.64. The number of hydrogen-bond donors (Lipinski definition) is 1. The second-order valence-corrected chi connectivity index (χ2v) is 4.54. The molecule has 16 heavy (non-hydrogen) atoms. The molecule has 0 amide bonds. The number of benzene rings is 1. The van der Waals surface area contributed by atoms with Gasteiger partial charge in [0.15, 0.2) is 0 Å². The Morgan fingerprint density at radius 2 is 1.88 bits per heavy atom. The summed E-state index contributed by atoms with van der Waals surface area (Å²) in [6, 6.07) is 10.6. The average Bonchev–Trinajstić information content (AvgIpc) is 2.33. The van der Waals surface area contributed by atoms with Crippen LogP contribution in [0.4, 0.5) is 0 Å². The minimum Gasteiger partial charge on any atom is -0.304 e. The Morgan fingerprint density at radius 1 is 1.19 bits per heavy atom. The zero-order chi connectivity index (χ0) is 11.2. The van der Waals surface area contributed by atoms with Gasteiger partial charge >= 0.3 is 0 Å². The minimum absolute atomic E-state index is 0.650. The Bertz CT molecular complexity index is 294. The van der Waals surface area contributed by atoms with Crippen LogP contribution in [0.5, 0.6) is 0 Å². The van der Waals surface area contributed by atoms with E-state index in [9.17, 15) is 0 Å². The third-order valence-corrected chi connectivity index (χ3v) is 3.29. The normalized spacial score (nSPS) is 18.8. The molecule has 0 radical (unpaired) electrons. The van der Waals surface area contributed by atoms with Crippen LogP contribution in [-0.2, 0) is 11.4 Å². The highest BCUT2D eigenvalue weighted by molar-refractivity contribution is 5.14. The van der Waals surface area contributed by atoms with E-state index in [1.54, 1.807) is 0 Å². The Hall–Kier alpha value is -0.900. The maximum absolute atomic E-state index is 5.10. The van der Waals surface area contributed by atoms with E-state index in [0.717, 1.165) is 19.6 Å². The van der Waals surface area contributed by atoms with E-state index in [-0.39, 0.29) is 0 Å². The van der Waals surface area contributed by atoms with Crippen molar-refractivity contribution < 1.29 is 4.84 Å². The topological polar surface area (TPSA) is 38.5 Å². The number of hydrogen-bond acceptors (Lipinski definition) is 3. The van der Waals surface area contributed by atoms with Crippen LogP contribution in [0.15, 0.2) is 30.3 Å². The molecule has 1 saturated heterocycles. The zero-order valence-corrected chi connectivity index (χ0v) is 9.64. The first-order valence-electron chi connectivity index (χ1n) is 5.96. The van der Waals surface area contributed by atoms with Crippen molar-refractivity contribution in [3.05, 3.63) is 35.9 Å². The van der Waals surface area contributed by atoms with Crippen LogP contribution in [0.2, 0.25) is 0 Å². The van der Waals surface area contributed by atoms with Crippen LogP contribution < -0.4 is 5.90 Å². The van der Waals surface area contributed by atoms with Gasteiger partial charge in [0.05, 0.1) is 6.61 Å². The molecule has 1 fully saturated rings. The van der Waals surface area contributed by atoms with Crippen molar-refractivity contribution in [3.63, 3.8) is 0 Å². The second-order valence-electron chi connectivity index (χ2n) is 4.54. The monoisotopic (exact) mass is 220 g/mol. The van der Waals surface area contributed by atoms with Crippen LogP contribution in [0.1, 0.15) is 18.4 Å². The third-order valence-electron chi connectivity index (χ3n) is 3.29. The van der Waals surface area contributed by atoms with Gasteiger partial charge in [-0.15, -0.1) is 0 Å². The predicted molar refractivity (Wildman–Crippen MR) is 64.6 cm³/mol. The van der Waals surface area contributed by atoms with Crippen LogP contribution >= 0.6 is 0 Å². The summed E-state index contributed by atoms with van der Waals surface area (Å²) in [4.78, 5) is 7.22. The summed E-state index contributed by atoms with van der Waals surface area (Å²) < 4.78 is 0. The lowest BCUT2D eigenvalue weighted by molar-refractivity contribution is 0.0658. The molecule has 3 nitrogen and oxygen atoms in total. The van der Waals surface area contributed by atoms with Gasteiger partial charge in [-0.3, -0.25) is 4.90 Å². The number of rotatable bonds is 4. The van der Waals surface area contributed by atoms with Crippen molar-refractivity contribution >= 4 is 0 Å². The number of nitrogens with zero attached hydrogens (tertiary/aromatic N) is 1. The van der Waals surface area contributed by atoms with E-state index in [1.807, 2.05) is 0 Å². The summed E-state index contributed by atoms with van der Waals surface area (Å²) in [5.74, 6) is 5.75. The SMILES string of the molecule is NOCC1CCN(Cc2ccccc2)CC1. The van der Waals surface area contributed by atoms with Crippen LogP contribution in [0.3, 0.4) is 0 Å². The van der Waals surface area contributed by atoms with Gasteiger partial charge < -0.3 is 4.84 Å². The van der Waals surface area contributed by atoms with Gasteiger partial charge in [0.2, 0.25) is 0 Å². The molecular weight excluding hydrogens is 200 g/mol. The van der Waals surface area contributed by atoms with Crippen molar-refractivity contribution in [1.82, 2.24) is 4.90 Å². The van der Waals surface area contributed by atoms with Gasteiger partial charge in [0, 0.05) is 6.54 Å². The molecule has 2 rings (SSSR count). The molecule has 88 valence electrons. The van der Waals surface area contributed by atoms with E-state index in [4.69, 9.17) is 10.7 Å². The average molecular weight is 220 g/mol. The fourth-order valence-electron chi connectivity index (χ4n) is 2.29. The second kappa shape index (κ2) is 5.99. The highest BCUT2D eigenvalue weighted by Gasteiger charge is 2.18. The molecule has 0 bridgehead atoms. The Balaban J connectivity index is 1.77. The molecule has 1 aliphatic rings. The van der Waals surface area contributed by atoms with Gasteiger partial charge in [-0.2, -0.15) is 0 Å². The molecule has 0 spiro atoms. The summed E-state index contributed by atoms with van der Waals surface area (Å²) >= 11 is 0. The maximum Gasteiger partial charge on any atom is 0.0708 e. The van der Waals surface area contributed by atoms with E-state index in [0.29, 0.717) is 12.5 Å². The quantitative estimate of drug-likeness (QED) is 0.786. The summed E-state index contributed by atoms with van der Waals surface area (Å²) in [5.41, 5.74) is 1.40. The number of likely N-dealkylation sites (tertiary alicyclic amines) is 1. The molecule has 0 saturated carbocycles. The van der Waals surface area contributed by atoms with Crippen molar-refractivity contribution in [3.8, 4) is 0 Å². The smallest absolute Gasteiger partial charge is 0.0708 e. The molecule has 0 aromatic heterocycles. The van der Waals surface area contributed by atoms with Gasteiger partial charge in [0.1, 0.15) is 0 Å². The summed E-state index contributed by atoms with van der Waals surface area (Å²) in [7, 11) is 0. The van der Waals surface area contributed by atoms with Crippen molar-refractivity contribution in [2.45, 2.75) is 19.4 Å². The maximum atomic E-state index is 5.10. The van der Waals surface area contributed by atoms with Gasteiger partial charge in [-0.25, -0.2) is 5.90 Å². The predicted octanol–water partition coefficient (Wildman–Crippen LogP) is 1.79. The molecule has 1 heterocycles. The van der Waals surface area contributed by atoms with E-state index in [2.05, 4.69) is 35.2 Å². The van der Waals surface area contributed by atoms with Gasteiger partial charge in [-0.05, 0) is 37.4 Å². The molecule has 2 N–H and O–H groups in total. The molecular formula is C13H20N2O. The molecule has 1 aromatic carbocycles. The molecule has 0 atom stereocenters. The minimum atomic E-state index is 0.650. The first-order valence-corrected chi connectivity index (χ1v) is 5.96. The summed E-state index contributed by atoms with van der Waals surface area (Å²) in [6.45, 7) is 4.09. The third kappa shape index (κ3) is 3.30. The molecule has 3 heteroatoms. The Labute approximate surface area is 97.1 Å². The lowest BCUT2D eigenvalue weighted by Crippen LogP contribution is -2.35. The molecule has 1 aliphatic heterocycles. The summed E-state index contributed by atoms with van der Waals surface area (Å²) in [6.07, 6.45) is 2.40. The lowest BCUT2D eigenvalue weighted by atomic mass is 9.97. The van der Waals surface area contributed by atoms with Crippen LogP contribution in [0, 0.1) is 5.92 Å². The largest absolute Gasteiger partial charge is 0.304 e. The first kappa shape index (κ1) is 11.6. The Kier molecular flexibility index (Phi) is 4.34. The van der Waals surface area contributed by atoms with Gasteiger partial charge in [0.25, 0.3) is 0 Å². The van der Waals surface area contributed by atoms with Crippen molar-refractivity contribution in [2.75, 3.05) is 19.7 Å².